The van der Waals surface area contributed by atoms with Crippen molar-refractivity contribution in [1.82, 2.24) is 10.2 Å². The maximum atomic E-state index is 11.6. The van der Waals surface area contributed by atoms with Gasteiger partial charge in [0.2, 0.25) is 5.91 Å². The Balaban J connectivity index is 2.29. The van der Waals surface area contributed by atoms with Gasteiger partial charge < -0.3 is 15.5 Å². The Hall–Kier alpha value is -1.88. The predicted molar refractivity (Wildman–Crippen MR) is 73.4 cm³/mol. The monoisotopic (exact) mass is 264 g/mol. The minimum atomic E-state index is -0.127. The summed E-state index contributed by atoms with van der Waals surface area (Å²) in [4.78, 5) is 24.4. The van der Waals surface area contributed by atoms with Crippen LogP contribution in [0.2, 0.25) is 0 Å². The van der Waals surface area contributed by atoms with Crippen LogP contribution in [-0.2, 0) is 9.59 Å². The average Bonchev–Trinajstić information content (AvgIpc) is 2.42. The molecule has 1 aromatic rings. The smallest absolute Gasteiger partial charge is 0.275 e. The maximum Gasteiger partial charge on any atom is 0.275 e. The van der Waals surface area contributed by atoms with Crippen LogP contribution >= 0.6 is 0 Å². The van der Waals surface area contributed by atoms with Gasteiger partial charge in [0.25, 0.3) is 5.91 Å². The summed E-state index contributed by atoms with van der Waals surface area (Å²) in [6, 6.07) is 10.2. The molecule has 0 radical (unpaired) electrons. The van der Waals surface area contributed by atoms with Crippen LogP contribution in [0.4, 0.5) is 0 Å². The molecule has 2 amide bonds. The van der Waals surface area contributed by atoms with Crippen LogP contribution in [0, 0.1) is 0 Å². The molecule has 3 N–H and O–H groups in total. The van der Waals surface area contributed by atoms with Gasteiger partial charge in [-0.1, -0.05) is 30.3 Å². The Morgan fingerprint density at radius 2 is 1.89 bits per heavy atom. The molecule has 5 heteroatoms. The molecule has 0 spiro atoms. The molecule has 0 unspecified atom stereocenters. The number of amides is 2. The van der Waals surface area contributed by atoms with Gasteiger partial charge in [0, 0.05) is 19.7 Å². The number of likely N-dealkylation sites (N-methyl/N-ethyl adjacent to an activating group) is 1. The summed E-state index contributed by atoms with van der Waals surface area (Å²) in [5.74, 6) is -0.234. The van der Waals surface area contributed by atoms with Gasteiger partial charge >= 0.3 is 0 Å². The minimum Gasteiger partial charge on any atom is -0.347 e. The number of benzene rings is 1. The molecule has 1 rings (SSSR count). The molecule has 0 aromatic heterocycles. The van der Waals surface area contributed by atoms with Crippen molar-refractivity contribution in [3.63, 3.8) is 0 Å². The first-order valence-electron chi connectivity index (χ1n) is 6.36. The number of quaternary nitrogens is 1. The summed E-state index contributed by atoms with van der Waals surface area (Å²) in [6.07, 6.45) is 0. The Morgan fingerprint density at radius 3 is 2.47 bits per heavy atom. The van der Waals surface area contributed by atoms with Crippen LogP contribution in [0.1, 0.15) is 18.5 Å². The highest BCUT2D eigenvalue weighted by atomic mass is 16.2. The Kier molecular flexibility index (Phi) is 6.02. The van der Waals surface area contributed by atoms with Gasteiger partial charge in [-0.25, -0.2) is 0 Å². The van der Waals surface area contributed by atoms with E-state index in [1.807, 2.05) is 42.6 Å². The summed E-state index contributed by atoms with van der Waals surface area (Å²) >= 11 is 0. The molecule has 1 aromatic carbocycles. The largest absolute Gasteiger partial charge is 0.347 e. The Labute approximate surface area is 114 Å². The molecule has 1 atom stereocenters. The van der Waals surface area contributed by atoms with Gasteiger partial charge in [-0.05, 0) is 6.92 Å². The first kappa shape index (κ1) is 15.2. The lowest BCUT2D eigenvalue weighted by atomic mass is 10.1. The van der Waals surface area contributed by atoms with E-state index in [-0.39, 0.29) is 24.4 Å². The van der Waals surface area contributed by atoms with Crippen molar-refractivity contribution in [2.75, 3.05) is 27.2 Å². The van der Waals surface area contributed by atoms with Crippen molar-refractivity contribution in [3.05, 3.63) is 35.9 Å². The molecule has 0 heterocycles. The second kappa shape index (κ2) is 7.53. The number of carbonyl (C=O) groups is 2. The van der Waals surface area contributed by atoms with Crippen molar-refractivity contribution in [2.24, 2.45) is 0 Å². The van der Waals surface area contributed by atoms with Crippen LogP contribution in [0.25, 0.3) is 0 Å². The highest BCUT2D eigenvalue weighted by molar-refractivity contribution is 5.84. The van der Waals surface area contributed by atoms with E-state index in [1.165, 1.54) is 10.5 Å². The fraction of sp³-hybridized carbons (Fsp3) is 0.429. The van der Waals surface area contributed by atoms with E-state index in [1.54, 1.807) is 14.1 Å². The second-order valence-electron chi connectivity index (χ2n) is 4.70. The Morgan fingerprint density at radius 1 is 1.26 bits per heavy atom. The molecule has 0 aliphatic heterocycles. The van der Waals surface area contributed by atoms with Crippen molar-refractivity contribution in [3.8, 4) is 0 Å². The molecule has 0 saturated carbocycles. The molecule has 0 aliphatic rings. The highest BCUT2D eigenvalue weighted by Crippen LogP contribution is 2.05. The lowest BCUT2D eigenvalue weighted by molar-refractivity contribution is -0.682. The number of rotatable bonds is 6. The van der Waals surface area contributed by atoms with Crippen molar-refractivity contribution < 1.29 is 14.9 Å². The van der Waals surface area contributed by atoms with E-state index in [9.17, 15) is 9.59 Å². The van der Waals surface area contributed by atoms with Crippen molar-refractivity contribution >= 4 is 11.8 Å². The summed E-state index contributed by atoms with van der Waals surface area (Å²) in [5.41, 5.74) is 1.18. The second-order valence-corrected chi connectivity index (χ2v) is 4.70. The predicted octanol–water partition coefficient (Wildman–Crippen LogP) is -0.485. The quantitative estimate of drug-likeness (QED) is 0.728. The number of nitrogens with two attached hydrogens (primary N) is 1. The first-order valence-corrected chi connectivity index (χ1v) is 6.36. The number of carbonyl (C=O) groups excluding carboxylic acids is 2. The van der Waals surface area contributed by atoms with E-state index in [4.69, 9.17) is 0 Å². The first-order chi connectivity index (χ1) is 9.00. The highest BCUT2D eigenvalue weighted by Gasteiger charge is 2.12. The van der Waals surface area contributed by atoms with E-state index in [0.29, 0.717) is 6.54 Å². The van der Waals surface area contributed by atoms with Gasteiger partial charge in [-0.15, -0.1) is 0 Å². The normalized spacial score (nSPS) is 11.7. The molecule has 104 valence electrons. The maximum absolute atomic E-state index is 11.6. The fourth-order valence-corrected chi connectivity index (χ4v) is 1.58. The lowest BCUT2D eigenvalue weighted by Crippen LogP contribution is -2.87. The SMILES string of the molecule is C[C@@H]([NH2+]CC(=O)NCC(=O)N(C)C)c1ccccc1. The van der Waals surface area contributed by atoms with E-state index in [0.717, 1.165) is 0 Å². The van der Waals surface area contributed by atoms with Crippen molar-refractivity contribution in [2.45, 2.75) is 13.0 Å². The standard InChI is InChI=1S/C14H21N3O2/c1-11(12-7-5-4-6-8-12)15-9-13(18)16-10-14(19)17(2)3/h4-8,11,15H,9-10H2,1-3H3,(H,16,18)/p+1/t11-/m1/s1. The fourth-order valence-electron chi connectivity index (χ4n) is 1.58. The number of nitrogens with zero attached hydrogens (tertiary/aromatic N) is 1. The van der Waals surface area contributed by atoms with Gasteiger partial charge in [-0.2, -0.15) is 0 Å². The van der Waals surface area contributed by atoms with Crippen LogP contribution < -0.4 is 10.6 Å². The minimum absolute atomic E-state index is 0.0550. The molecule has 0 bridgehead atoms. The summed E-state index contributed by atoms with van der Waals surface area (Å²) in [5, 5.41) is 4.56. The van der Waals surface area contributed by atoms with Crippen molar-refractivity contribution in [1.29, 1.82) is 0 Å². The third-order valence-corrected chi connectivity index (χ3v) is 2.92. The topological polar surface area (TPSA) is 66.0 Å². The summed E-state index contributed by atoms with van der Waals surface area (Å²) in [6.45, 7) is 2.42. The van der Waals surface area contributed by atoms with Gasteiger partial charge in [0.1, 0.15) is 6.04 Å². The zero-order chi connectivity index (χ0) is 14.3. The number of hydrogen-bond donors (Lipinski definition) is 2. The number of hydrogen-bond acceptors (Lipinski definition) is 2. The lowest BCUT2D eigenvalue weighted by Gasteiger charge is -2.12. The molecule has 0 aliphatic carbocycles. The number of nitrogens with one attached hydrogen (secondary N) is 1. The summed E-state index contributed by atoms with van der Waals surface area (Å²) < 4.78 is 0. The molecule has 0 fully saturated rings. The molecular formula is C14H22N3O2+. The summed E-state index contributed by atoms with van der Waals surface area (Å²) in [7, 11) is 3.33. The van der Waals surface area contributed by atoms with Gasteiger partial charge in [-0.3, -0.25) is 9.59 Å². The van der Waals surface area contributed by atoms with Gasteiger partial charge in [0.15, 0.2) is 6.54 Å². The molecule has 5 nitrogen and oxygen atoms in total. The van der Waals surface area contributed by atoms with Crippen LogP contribution in [-0.4, -0.2) is 43.9 Å². The average molecular weight is 264 g/mol. The zero-order valence-corrected chi connectivity index (χ0v) is 11.7. The third-order valence-electron chi connectivity index (χ3n) is 2.92. The van der Waals surface area contributed by atoms with Crippen LogP contribution in [0.3, 0.4) is 0 Å². The zero-order valence-electron chi connectivity index (χ0n) is 11.7. The van der Waals surface area contributed by atoms with E-state index < -0.39 is 0 Å². The molecule has 0 saturated heterocycles. The van der Waals surface area contributed by atoms with Crippen LogP contribution in [0.15, 0.2) is 30.3 Å². The third kappa shape index (κ3) is 5.52. The van der Waals surface area contributed by atoms with Crippen LogP contribution in [0.5, 0.6) is 0 Å². The molecule has 19 heavy (non-hydrogen) atoms. The van der Waals surface area contributed by atoms with E-state index >= 15 is 0 Å². The van der Waals surface area contributed by atoms with Gasteiger partial charge in [0.05, 0.1) is 6.54 Å². The Bertz CT molecular complexity index is 418. The van der Waals surface area contributed by atoms with E-state index in [2.05, 4.69) is 5.32 Å². The molecular weight excluding hydrogens is 242 g/mol.